The van der Waals surface area contributed by atoms with Gasteiger partial charge in [-0.25, -0.2) is 0 Å². The van der Waals surface area contributed by atoms with E-state index in [-0.39, 0.29) is 5.91 Å². The van der Waals surface area contributed by atoms with Crippen LogP contribution in [0.1, 0.15) is 24.1 Å². The molecule has 1 aliphatic carbocycles. The molecule has 2 atom stereocenters. The Labute approximate surface area is 107 Å². The van der Waals surface area contributed by atoms with Crippen molar-refractivity contribution in [3.05, 3.63) is 22.4 Å². The summed E-state index contributed by atoms with van der Waals surface area (Å²) in [6.45, 7) is 0.696. The van der Waals surface area contributed by atoms with Crippen molar-refractivity contribution in [1.29, 1.82) is 0 Å². The van der Waals surface area contributed by atoms with Crippen molar-refractivity contribution in [2.24, 2.45) is 11.7 Å². The predicted octanol–water partition coefficient (Wildman–Crippen LogP) is 1.88. The van der Waals surface area contributed by atoms with E-state index in [0.29, 0.717) is 24.9 Å². The fourth-order valence-electron chi connectivity index (χ4n) is 2.67. The molecule has 4 heteroatoms. The van der Waals surface area contributed by atoms with Gasteiger partial charge in [0.15, 0.2) is 0 Å². The molecule has 0 spiro atoms. The van der Waals surface area contributed by atoms with Crippen LogP contribution in [-0.2, 0) is 11.2 Å². The number of likely N-dealkylation sites (N-methyl/N-ethyl adjacent to an activating group) is 1. The van der Waals surface area contributed by atoms with E-state index in [1.165, 1.54) is 6.42 Å². The van der Waals surface area contributed by atoms with Crippen LogP contribution in [0, 0.1) is 5.92 Å². The minimum atomic E-state index is 0.220. The van der Waals surface area contributed by atoms with Gasteiger partial charge in [0.1, 0.15) is 0 Å². The van der Waals surface area contributed by atoms with Gasteiger partial charge in [-0.05, 0) is 36.8 Å². The van der Waals surface area contributed by atoms with Crippen LogP contribution in [0.5, 0.6) is 0 Å². The number of carbonyl (C=O) groups is 1. The number of rotatable bonds is 4. The lowest BCUT2D eigenvalue weighted by molar-refractivity contribution is -0.131. The summed E-state index contributed by atoms with van der Waals surface area (Å²) in [6.07, 6.45) is 4.00. The summed E-state index contributed by atoms with van der Waals surface area (Å²) in [5, 5.41) is 2.01. The van der Waals surface area contributed by atoms with Crippen molar-refractivity contribution in [1.82, 2.24) is 4.90 Å². The summed E-state index contributed by atoms with van der Waals surface area (Å²) in [7, 11) is 1.93. The van der Waals surface area contributed by atoms with Gasteiger partial charge in [-0.1, -0.05) is 12.5 Å². The lowest BCUT2D eigenvalue weighted by Crippen LogP contribution is -2.42. The molecule has 2 N–H and O–H groups in total. The molecule has 1 aromatic rings. The van der Waals surface area contributed by atoms with E-state index < -0.39 is 0 Å². The highest BCUT2D eigenvalue weighted by Gasteiger charge is 2.31. The van der Waals surface area contributed by atoms with Gasteiger partial charge < -0.3 is 10.6 Å². The molecule has 0 bridgehead atoms. The summed E-state index contributed by atoms with van der Waals surface area (Å²) in [5.41, 5.74) is 5.76. The zero-order valence-corrected chi connectivity index (χ0v) is 11.1. The molecule has 1 aliphatic rings. The summed E-state index contributed by atoms with van der Waals surface area (Å²) in [6, 6.07) is 4.37. The average Bonchev–Trinajstić information content (AvgIpc) is 2.97. The van der Waals surface area contributed by atoms with Gasteiger partial charge in [-0.2, -0.15) is 0 Å². The molecular weight excluding hydrogens is 232 g/mol. The van der Waals surface area contributed by atoms with Crippen molar-refractivity contribution in [3.63, 3.8) is 0 Å². The van der Waals surface area contributed by atoms with Crippen LogP contribution >= 0.6 is 11.3 Å². The summed E-state index contributed by atoms with van der Waals surface area (Å²) < 4.78 is 0. The fraction of sp³-hybridized carbons (Fsp3) is 0.615. The van der Waals surface area contributed by atoms with Crippen LogP contribution in [0.3, 0.4) is 0 Å². The molecule has 94 valence electrons. The first kappa shape index (κ1) is 12.6. The quantitative estimate of drug-likeness (QED) is 0.889. The van der Waals surface area contributed by atoms with Crippen LogP contribution < -0.4 is 5.73 Å². The molecule has 2 rings (SSSR count). The lowest BCUT2D eigenvalue weighted by Gasteiger charge is -2.29. The standard InChI is InChI=1S/C13H20N2OS/c1-15(12-6-2-4-10(12)9-14)13(16)8-11-5-3-7-17-11/h3,5,7,10,12H,2,4,6,8-9,14H2,1H3. The monoisotopic (exact) mass is 252 g/mol. The number of thiophene rings is 1. The number of hydrogen-bond donors (Lipinski definition) is 1. The van der Waals surface area contributed by atoms with Crippen molar-refractivity contribution in [3.8, 4) is 0 Å². The number of nitrogens with zero attached hydrogens (tertiary/aromatic N) is 1. The van der Waals surface area contributed by atoms with Crippen molar-refractivity contribution < 1.29 is 4.79 Å². The first-order valence-electron chi connectivity index (χ1n) is 6.20. The maximum Gasteiger partial charge on any atom is 0.227 e. The molecule has 1 heterocycles. The van der Waals surface area contributed by atoms with Crippen LogP contribution in [0.15, 0.2) is 17.5 Å². The predicted molar refractivity (Wildman–Crippen MR) is 71.0 cm³/mol. The minimum Gasteiger partial charge on any atom is -0.342 e. The van der Waals surface area contributed by atoms with E-state index in [1.807, 2.05) is 29.5 Å². The van der Waals surface area contributed by atoms with Crippen molar-refractivity contribution >= 4 is 17.2 Å². The second kappa shape index (κ2) is 5.65. The minimum absolute atomic E-state index is 0.220. The van der Waals surface area contributed by atoms with Crippen LogP contribution in [0.2, 0.25) is 0 Å². The Hall–Kier alpha value is -0.870. The molecule has 1 amide bonds. The van der Waals surface area contributed by atoms with Gasteiger partial charge in [0.25, 0.3) is 0 Å². The number of nitrogens with two attached hydrogens (primary N) is 1. The van der Waals surface area contributed by atoms with Crippen LogP contribution in [0.4, 0.5) is 0 Å². The molecule has 0 saturated heterocycles. The second-order valence-corrected chi connectivity index (χ2v) is 5.79. The summed E-state index contributed by atoms with van der Waals surface area (Å²) >= 11 is 1.65. The van der Waals surface area contributed by atoms with Gasteiger partial charge in [0, 0.05) is 18.0 Å². The summed E-state index contributed by atoms with van der Waals surface area (Å²) in [4.78, 5) is 15.2. The molecule has 3 nitrogen and oxygen atoms in total. The maximum absolute atomic E-state index is 12.2. The summed E-state index contributed by atoms with van der Waals surface area (Å²) in [5.74, 6) is 0.713. The van der Waals surface area contributed by atoms with Gasteiger partial charge in [-0.15, -0.1) is 11.3 Å². The first-order valence-corrected chi connectivity index (χ1v) is 7.08. The molecule has 0 aromatic carbocycles. The highest BCUT2D eigenvalue weighted by molar-refractivity contribution is 7.10. The van der Waals surface area contributed by atoms with E-state index in [4.69, 9.17) is 5.73 Å². The van der Waals surface area contributed by atoms with Gasteiger partial charge >= 0.3 is 0 Å². The van der Waals surface area contributed by atoms with E-state index in [2.05, 4.69) is 0 Å². The Balaban J connectivity index is 1.94. The average molecular weight is 252 g/mol. The Morgan fingerprint density at radius 2 is 2.41 bits per heavy atom. The number of amides is 1. The van der Waals surface area contributed by atoms with E-state index in [0.717, 1.165) is 17.7 Å². The third kappa shape index (κ3) is 2.87. The number of carbonyl (C=O) groups excluding carboxylic acids is 1. The lowest BCUT2D eigenvalue weighted by atomic mass is 10.0. The zero-order chi connectivity index (χ0) is 12.3. The normalized spacial score (nSPS) is 23.9. The second-order valence-electron chi connectivity index (χ2n) is 4.75. The Bertz CT molecular complexity index is 364. The molecule has 17 heavy (non-hydrogen) atoms. The Morgan fingerprint density at radius 3 is 3.06 bits per heavy atom. The highest BCUT2D eigenvalue weighted by atomic mass is 32.1. The molecule has 1 aromatic heterocycles. The number of hydrogen-bond acceptors (Lipinski definition) is 3. The van der Waals surface area contributed by atoms with E-state index in [1.54, 1.807) is 11.3 Å². The van der Waals surface area contributed by atoms with Gasteiger partial charge in [-0.3, -0.25) is 4.79 Å². The smallest absolute Gasteiger partial charge is 0.227 e. The largest absolute Gasteiger partial charge is 0.342 e. The Morgan fingerprint density at radius 1 is 1.59 bits per heavy atom. The molecule has 2 unspecified atom stereocenters. The highest BCUT2D eigenvalue weighted by Crippen LogP contribution is 2.29. The van der Waals surface area contributed by atoms with Gasteiger partial charge in [0.2, 0.25) is 5.91 Å². The topological polar surface area (TPSA) is 46.3 Å². The van der Waals surface area contributed by atoms with Crippen LogP contribution in [0.25, 0.3) is 0 Å². The van der Waals surface area contributed by atoms with E-state index >= 15 is 0 Å². The maximum atomic E-state index is 12.2. The Kier molecular flexibility index (Phi) is 4.18. The van der Waals surface area contributed by atoms with Gasteiger partial charge in [0.05, 0.1) is 6.42 Å². The third-order valence-electron chi connectivity index (χ3n) is 3.72. The van der Waals surface area contributed by atoms with Crippen LogP contribution in [-0.4, -0.2) is 30.4 Å². The third-order valence-corrected chi connectivity index (χ3v) is 4.59. The van der Waals surface area contributed by atoms with E-state index in [9.17, 15) is 4.79 Å². The fourth-order valence-corrected chi connectivity index (χ4v) is 3.37. The molecule has 1 saturated carbocycles. The first-order chi connectivity index (χ1) is 8.22. The SMILES string of the molecule is CN(C(=O)Cc1cccs1)C1CCCC1CN. The molecular formula is C13H20N2OS. The zero-order valence-electron chi connectivity index (χ0n) is 10.3. The molecule has 0 radical (unpaired) electrons. The molecule has 1 fully saturated rings. The van der Waals surface area contributed by atoms with Crippen molar-refractivity contribution in [2.45, 2.75) is 31.7 Å². The molecule has 0 aliphatic heterocycles. The van der Waals surface area contributed by atoms with Crippen molar-refractivity contribution in [2.75, 3.05) is 13.6 Å².